The van der Waals surface area contributed by atoms with E-state index in [1.807, 2.05) is 0 Å². The van der Waals surface area contributed by atoms with Crippen LogP contribution in [0, 0.1) is 0 Å². The van der Waals surface area contributed by atoms with Gasteiger partial charge in [0.25, 0.3) is 0 Å². The van der Waals surface area contributed by atoms with Crippen molar-refractivity contribution in [2.45, 2.75) is 24.7 Å². The van der Waals surface area contributed by atoms with Crippen molar-refractivity contribution in [2.75, 3.05) is 6.54 Å². The predicted molar refractivity (Wildman–Crippen MR) is 43.1 cm³/mol. The molecule has 0 amide bonds. The molecule has 0 aliphatic carbocycles. The van der Waals surface area contributed by atoms with Crippen LogP contribution in [0.15, 0.2) is 0 Å². The van der Waals surface area contributed by atoms with Crippen molar-refractivity contribution >= 4 is 18.4 Å². The maximum Gasteiger partial charge on any atom is 0.320 e. The minimum Gasteiger partial charge on any atom is -0.480 e. The molecule has 0 radical (unpaired) electrons. The number of aliphatic hydroxyl groups is 2. The van der Waals surface area contributed by atoms with E-state index >= 15 is 0 Å². The van der Waals surface area contributed by atoms with Crippen LogP contribution in [-0.2, 0) is 4.79 Å². The largest absolute Gasteiger partial charge is 0.480 e. The highest BCUT2D eigenvalue weighted by Crippen LogP contribution is 2.17. The second-order valence-corrected chi connectivity index (χ2v) is 2.78. The first-order chi connectivity index (χ1) is 5.01. The normalized spacial score (nSPS) is 27.3. The number of carboxylic acids is 1. The van der Waals surface area contributed by atoms with Crippen molar-refractivity contribution in [1.29, 1.82) is 0 Å². The highest BCUT2D eigenvalue weighted by molar-refractivity contribution is 5.85. The van der Waals surface area contributed by atoms with Crippen LogP contribution in [0.1, 0.15) is 12.8 Å². The number of piperidine rings is 1. The van der Waals surface area contributed by atoms with Crippen LogP contribution in [0.5, 0.6) is 0 Å². The van der Waals surface area contributed by atoms with Gasteiger partial charge in [-0.1, -0.05) is 0 Å². The highest BCUT2D eigenvalue weighted by atomic mass is 35.5. The van der Waals surface area contributed by atoms with Crippen LogP contribution < -0.4 is 5.32 Å². The van der Waals surface area contributed by atoms with Gasteiger partial charge < -0.3 is 20.6 Å². The van der Waals surface area contributed by atoms with Crippen molar-refractivity contribution in [3.63, 3.8) is 0 Å². The lowest BCUT2D eigenvalue weighted by Gasteiger charge is -2.31. The Bertz CT molecular complexity index is 173. The third-order valence-corrected chi connectivity index (χ3v) is 1.75. The monoisotopic (exact) mass is 197 g/mol. The molecule has 5 nitrogen and oxygen atoms in total. The van der Waals surface area contributed by atoms with Gasteiger partial charge >= 0.3 is 5.97 Å². The summed E-state index contributed by atoms with van der Waals surface area (Å²) in [6, 6.07) is -0.834. The van der Waals surface area contributed by atoms with Crippen LogP contribution >= 0.6 is 12.4 Å². The lowest BCUT2D eigenvalue weighted by molar-refractivity contribution is -0.189. The van der Waals surface area contributed by atoms with Gasteiger partial charge in [-0.15, -0.1) is 12.4 Å². The SMILES string of the molecule is Cl.O=C(O)[C@@H]1CC(O)(O)CCN1. The Morgan fingerprint density at radius 1 is 1.50 bits per heavy atom. The zero-order valence-corrected chi connectivity index (χ0v) is 7.17. The summed E-state index contributed by atoms with van der Waals surface area (Å²) >= 11 is 0. The maximum atomic E-state index is 10.4. The van der Waals surface area contributed by atoms with Crippen molar-refractivity contribution < 1.29 is 20.1 Å². The predicted octanol–water partition coefficient (Wildman–Crippen LogP) is -1.07. The number of carbonyl (C=O) groups is 1. The van der Waals surface area contributed by atoms with E-state index in [1.54, 1.807) is 0 Å². The zero-order valence-electron chi connectivity index (χ0n) is 6.36. The summed E-state index contributed by atoms with van der Waals surface area (Å²) < 4.78 is 0. The van der Waals surface area contributed by atoms with E-state index in [-0.39, 0.29) is 25.2 Å². The first kappa shape index (κ1) is 11.6. The Morgan fingerprint density at radius 2 is 2.08 bits per heavy atom. The van der Waals surface area contributed by atoms with Crippen molar-refractivity contribution in [2.24, 2.45) is 0 Å². The Labute approximate surface area is 75.8 Å². The molecule has 0 unspecified atom stereocenters. The Balaban J connectivity index is 0.00000121. The van der Waals surface area contributed by atoms with Gasteiger partial charge in [0, 0.05) is 19.4 Å². The summed E-state index contributed by atoms with van der Waals surface area (Å²) in [7, 11) is 0. The van der Waals surface area contributed by atoms with Crippen LogP contribution in [0.4, 0.5) is 0 Å². The van der Waals surface area contributed by atoms with E-state index in [0.717, 1.165) is 0 Å². The third-order valence-electron chi connectivity index (χ3n) is 1.75. The van der Waals surface area contributed by atoms with Crippen molar-refractivity contribution in [3.8, 4) is 0 Å². The fourth-order valence-electron chi connectivity index (χ4n) is 1.12. The molecule has 0 aromatic heterocycles. The lowest BCUT2D eigenvalue weighted by atomic mass is 9.99. The van der Waals surface area contributed by atoms with E-state index in [2.05, 4.69) is 5.32 Å². The second kappa shape index (κ2) is 4.04. The molecule has 1 aliphatic heterocycles. The molecular formula is C6H12ClNO4. The van der Waals surface area contributed by atoms with Gasteiger partial charge in [0.1, 0.15) is 6.04 Å². The molecule has 1 fully saturated rings. The second-order valence-electron chi connectivity index (χ2n) is 2.78. The number of aliphatic carboxylic acids is 1. The van der Waals surface area contributed by atoms with E-state index in [0.29, 0.717) is 6.54 Å². The minimum atomic E-state index is -1.81. The molecule has 72 valence electrons. The fraction of sp³-hybridized carbons (Fsp3) is 0.833. The molecule has 12 heavy (non-hydrogen) atoms. The first-order valence-corrected chi connectivity index (χ1v) is 3.42. The van der Waals surface area contributed by atoms with Gasteiger partial charge in [0.15, 0.2) is 5.79 Å². The molecule has 0 bridgehead atoms. The van der Waals surface area contributed by atoms with Gasteiger partial charge in [-0.3, -0.25) is 4.79 Å². The molecule has 0 aromatic rings. The summed E-state index contributed by atoms with van der Waals surface area (Å²) in [4.78, 5) is 10.4. The van der Waals surface area contributed by atoms with E-state index < -0.39 is 17.8 Å². The lowest BCUT2D eigenvalue weighted by Crippen LogP contribution is -2.51. The molecule has 4 N–H and O–H groups in total. The molecule has 0 aromatic carbocycles. The fourth-order valence-corrected chi connectivity index (χ4v) is 1.12. The quantitative estimate of drug-likeness (QED) is 0.402. The van der Waals surface area contributed by atoms with Gasteiger partial charge in [0.05, 0.1) is 0 Å². The standard InChI is InChI=1S/C6H11NO4.ClH/c8-5(9)4-3-6(10,11)1-2-7-4;/h4,7,10-11H,1-3H2,(H,8,9);1H/t4-;/m0./s1. The number of nitrogens with one attached hydrogen (secondary N) is 1. The summed E-state index contributed by atoms with van der Waals surface area (Å²) in [5.41, 5.74) is 0. The van der Waals surface area contributed by atoms with Gasteiger partial charge in [-0.25, -0.2) is 0 Å². The third kappa shape index (κ3) is 2.94. The minimum absolute atomic E-state index is 0. The number of hydrogen-bond acceptors (Lipinski definition) is 4. The molecule has 1 rings (SSSR count). The van der Waals surface area contributed by atoms with Crippen molar-refractivity contribution in [1.82, 2.24) is 5.32 Å². The van der Waals surface area contributed by atoms with Gasteiger partial charge in [0.2, 0.25) is 0 Å². The summed E-state index contributed by atoms with van der Waals surface area (Å²) in [5, 5.41) is 29.2. The molecule has 1 saturated heterocycles. The van der Waals surface area contributed by atoms with Crippen LogP contribution in [0.2, 0.25) is 0 Å². The van der Waals surface area contributed by atoms with E-state index in [4.69, 9.17) is 15.3 Å². The molecule has 0 saturated carbocycles. The van der Waals surface area contributed by atoms with E-state index in [1.165, 1.54) is 0 Å². The average molecular weight is 198 g/mol. The number of rotatable bonds is 1. The summed E-state index contributed by atoms with van der Waals surface area (Å²) in [6.07, 6.45) is 0.0269. The number of carboxylic acid groups (broad SMARTS) is 1. The highest BCUT2D eigenvalue weighted by Gasteiger charge is 2.34. The van der Waals surface area contributed by atoms with Gasteiger partial charge in [-0.2, -0.15) is 0 Å². The maximum absolute atomic E-state index is 10.4. The Morgan fingerprint density at radius 3 is 2.42 bits per heavy atom. The van der Waals surface area contributed by atoms with Crippen LogP contribution in [0.3, 0.4) is 0 Å². The molecule has 6 heteroatoms. The topological polar surface area (TPSA) is 89.8 Å². The summed E-state index contributed by atoms with van der Waals surface area (Å²) in [5.74, 6) is -2.86. The number of hydrogen-bond donors (Lipinski definition) is 4. The van der Waals surface area contributed by atoms with Crippen molar-refractivity contribution in [3.05, 3.63) is 0 Å². The Hall–Kier alpha value is -0.360. The molecule has 0 spiro atoms. The first-order valence-electron chi connectivity index (χ1n) is 3.42. The van der Waals surface area contributed by atoms with Gasteiger partial charge in [-0.05, 0) is 0 Å². The van der Waals surface area contributed by atoms with Crippen LogP contribution in [-0.4, -0.2) is 39.7 Å². The smallest absolute Gasteiger partial charge is 0.320 e. The average Bonchev–Trinajstić information content (AvgIpc) is 1.85. The molecule has 1 atom stereocenters. The number of halogens is 1. The molecular weight excluding hydrogens is 186 g/mol. The van der Waals surface area contributed by atoms with Crippen LogP contribution in [0.25, 0.3) is 0 Å². The Kier molecular flexibility index (Phi) is 3.92. The molecule has 1 aliphatic rings. The summed E-state index contributed by atoms with van der Waals surface area (Å²) in [6.45, 7) is 0.323. The zero-order chi connectivity index (χ0) is 8.48. The van der Waals surface area contributed by atoms with E-state index in [9.17, 15) is 4.79 Å². The molecule has 1 heterocycles.